The summed E-state index contributed by atoms with van der Waals surface area (Å²) in [6, 6.07) is 13.2. The number of ketones is 1. The Morgan fingerprint density at radius 3 is 2.21 bits per heavy atom. The molecule has 6 heteroatoms. The molecule has 1 fully saturated rings. The summed E-state index contributed by atoms with van der Waals surface area (Å²) in [6.45, 7) is 1.84. The molecule has 0 spiro atoms. The molecule has 1 aliphatic heterocycles. The van der Waals surface area contributed by atoms with Gasteiger partial charge in [0.25, 0.3) is 5.91 Å². The third-order valence-corrected chi connectivity index (χ3v) is 5.11. The molecule has 1 heterocycles. The predicted octanol–water partition coefficient (Wildman–Crippen LogP) is 3.70. The van der Waals surface area contributed by atoms with Crippen molar-refractivity contribution >= 4 is 29.2 Å². The highest BCUT2D eigenvalue weighted by Gasteiger charge is 2.19. The van der Waals surface area contributed by atoms with Gasteiger partial charge in [0, 0.05) is 42.2 Å². The number of amides is 2. The Morgan fingerprint density at radius 1 is 0.893 bits per heavy atom. The third-order valence-electron chi connectivity index (χ3n) is 4.86. The molecule has 5 nitrogen and oxygen atoms in total. The molecule has 0 saturated carbocycles. The number of nitrogens with zero attached hydrogens (tertiary/aromatic N) is 1. The summed E-state index contributed by atoms with van der Waals surface area (Å²) in [6.07, 6.45) is 3.51. The van der Waals surface area contributed by atoms with Gasteiger partial charge in [0.05, 0.1) is 5.56 Å². The van der Waals surface area contributed by atoms with Crippen LogP contribution in [0.3, 0.4) is 0 Å². The maximum Gasteiger partial charge on any atom is 0.252 e. The van der Waals surface area contributed by atoms with Crippen molar-refractivity contribution in [1.29, 1.82) is 0 Å². The lowest BCUT2D eigenvalue weighted by molar-refractivity contribution is -0.131. The number of benzene rings is 2. The predicted molar refractivity (Wildman–Crippen MR) is 109 cm³/mol. The Balaban J connectivity index is 1.63. The van der Waals surface area contributed by atoms with Crippen LogP contribution in [0.5, 0.6) is 0 Å². The van der Waals surface area contributed by atoms with Gasteiger partial charge in [0.15, 0.2) is 5.78 Å². The second-order valence-electron chi connectivity index (χ2n) is 6.83. The number of likely N-dealkylation sites (tertiary alicyclic amines) is 1. The number of rotatable bonds is 6. The van der Waals surface area contributed by atoms with Gasteiger partial charge in [-0.1, -0.05) is 29.8 Å². The van der Waals surface area contributed by atoms with Crippen LogP contribution in [0.4, 0.5) is 0 Å². The van der Waals surface area contributed by atoms with Crippen molar-refractivity contribution in [2.24, 2.45) is 0 Å². The van der Waals surface area contributed by atoms with E-state index in [0.717, 1.165) is 25.9 Å². The summed E-state index contributed by atoms with van der Waals surface area (Å²) < 4.78 is 0. The zero-order valence-corrected chi connectivity index (χ0v) is 16.4. The highest BCUT2D eigenvalue weighted by Crippen LogP contribution is 2.17. The molecule has 0 bridgehead atoms. The first-order valence-corrected chi connectivity index (χ1v) is 9.89. The Labute approximate surface area is 169 Å². The molecule has 28 heavy (non-hydrogen) atoms. The number of piperidine rings is 1. The van der Waals surface area contributed by atoms with Gasteiger partial charge in [-0.15, -0.1) is 0 Å². The fourth-order valence-electron chi connectivity index (χ4n) is 3.32. The lowest BCUT2D eigenvalue weighted by atomic mass is 9.98. The van der Waals surface area contributed by atoms with Gasteiger partial charge >= 0.3 is 0 Å². The summed E-state index contributed by atoms with van der Waals surface area (Å²) in [4.78, 5) is 39.5. The van der Waals surface area contributed by atoms with Gasteiger partial charge < -0.3 is 10.2 Å². The van der Waals surface area contributed by atoms with Gasteiger partial charge in [-0.2, -0.15) is 0 Å². The van der Waals surface area contributed by atoms with E-state index in [0.29, 0.717) is 21.7 Å². The van der Waals surface area contributed by atoms with Crippen LogP contribution >= 0.6 is 11.6 Å². The highest BCUT2D eigenvalue weighted by molar-refractivity contribution is 6.30. The van der Waals surface area contributed by atoms with Crippen LogP contribution in [0, 0.1) is 0 Å². The van der Waals surface area contributed by atoms with E-state index in [1.165, 1.54) is 6.42 Å². The molecule has 2 aromatic rings. The Hall–Kier alpha value is -2.66. The Morgan fingerprint density at radius 2 is 1.54 bits per heavy atom. The smallest absolute Gasteiger partial charge is 0.252 e. The second kappa shape index (κ2) is 9.51. The largest absolute Gasteiger partial charge is 0.351 e. The van der Waals surface area contributed by atoms with Crippen molar-refractivity contribution < 1.29 is 14.4 Å². The number of hydrogen-bond donors (Lipinski definition) is 1. The molecule has 1 N–H and O–H groups in total. The van der Waals surface area contributed by atoms with Crippen LogP contribution in [-0.2, 0) is 4.79 Å². The zero-order valence-electron chi connectivity index (χ0n) is 15.6. The van der Waals surface area contributed by atoms with E-state index in [1.54, 1.807) is 48.5 Å². The first-order valence-electron chi connectivity index (χ1n) is 9.51. The van der Waals surface area contributed by atoms with Crippen LogP contribution in [-0.4, -0.2) is 42.1 Å². The summed E-state index contributed by atoms with van der Waals surface area (Å²) in [5.41, 5.74) is 1.09. The van der Waals surface area contributed by atoms with Gasteiger partial charge in [-0.25, -0.2) is 0 Å². The molecule has 0 atom stereocenters. The van der Waals surface area contributed by atoms with Gasteiger partial charge in [0.1, 0.15) is 0 Å². The van der Waals surface area contributed by atoms with E-state index in [-0.39, 0.29) is 30.6 Å². The third kappa shape index (κ3) is 4.98. The van der Waals surface area contributed by atoms with E-state index < -0.39 is 0 Å². The molecule has 2 aromatic carbocycles. The fraction of sp³-hybridized carbons (Fsp3) is 0.318. The van der Waals surface area contributed by atoms with Gasteiger partial charge in [-0.05, 0) is 49.6 Å². The average Bonchev–Trinajstić information content (AvgIpc) is 2.74. The van der Waals surface area contributed by atoms with Crippen molar-refractivity contribution in [2.45, 2.75) is 25.7 Å². The lowest BCUT2D eigenvalue weighted by Gasteiger charge is -2.26. The second-order valence-corrected chi connectivity index (χ2v) is 7.27. The molecule has 0 aliphatic carbocycles. The summed E-state index contributed by atoms with van der Waals surface area (Å²) in [7, 11) is 0. The van der Waals surface area contributed by atoms with Gasteiger partial charge in [-0.3, -0.25) is 14.4 Å². The average molecular weight is 399 g/mol. The number of hydrogen-bond acceptors (Lipinski definition) is 3. The van der Waals surface area contributed by atoms with Gasteiger partial charge in [0.2, 0.25) is 5.91 Å². The Kier molecular flexibility index (Phi) is 6.82. The van der Waals surface area contributed by atoms with E-state index in [2.05, 4.69) is 5.32 Å². The van der Waals surface area contributed by atoms with E-state index in [9.17, 15) is 14.4 Å². The molecule has 0 aromatic heterocycles. The minimum absolute atomic E-state index is 0.0607. The van der Waals surface area contributed by atoms with E-state index >= 15 is 0 Å². The van der Waals surface area contributed by atoms with Crippen LogP contribution in [0.25, 0.3) is 0 Å². The molecule has 2 amide bonds. The van der Waals surface area contributed by atoms with Crippen LogP contribution < -0.4 is 5.32 Å². The summed E-state index contributed by atoms with van der Waals surface area (Å²) in [5, 5.41) is 3.31. The lowest BCUT2D eigenvalue weighted by Crippen LogP contribution is -2.38. The number of halogens is 1. The Bertz CT molecular complexity index is 858. The molecule has 0 unspecified atom stereocenters. The SMILES string of the molecule is O=C(NCCC(=O)N1CCCCC1)c1ccccc1C(=O)c1ccc(Cl)cc1. The first-order chi connectivity index (χ1) is 13.6. The standard InChI is InChI=1S/C22H23ClN2O3/c23-17-10-8-16(9-11-17)21(27)18-6-2-3-7-19(18)22(28)24-13-12-20(26)25-14-4-1-5-15-25/h2-3,6-11H,1,4-5,12-15H2,(H,24,28). The molecule has 146 valence electrons. The maximum absolute atomic E-state index is 12.8. The number of carbonyl (C=O) groups excluding carboxylic acids is 3. The molecule has 0 radical (unpaired) electrons. The van der Waals surface area contributed by atoms with Crippen molar-refractivity contribution in [3.8, 4) is 0 Å². The molecule has 3 rings (SSSR count). The quantitative estimate of drug-likeness (QED) is 0.754. The topological polar surface area (TPSA) is 66.5 Å². The summed E-state index contributed by atoms with van der Waals surface area (Å²) in [5.74, 6) is -0.540. The van der Waals surface area contributed by atoms with Crippen molar-refractivity contribution in [3.63, 3.8) is 0 Å². The minimum atomic E-state index is -0.357. The zero-order chi connectivity index (χ0) is 19.9. The minimum Gasteiger partial charge on any atom is -0.351 e. The normalized spacial score (nSPS) is 13.8. The maximum atomic E-state index is 12.8. The molecule has 1 aliphatic rings. The number of carbonyl (C=O) groups is 3. The molecular formula is C22H23ClN2O3. The van der Waals surface area contributed by atoms with Crippen molar-refractivity contribution in [2.75, 3.05) is 19.6 Å². The monoisotopic (exact) mass is 398 g/mol. The van der Waals surface area contributed by atoms with Crippen molar-refractivity contribution in [3.05, 3.63) is 70.2 Å². The van der Waals surface area contributed by atoms with Crippen LogP contribution in [0.15, 0.2) is 48.5 Å². The van der Waals surface area contributed by atoms with Crippen LogP contribution in [0.2, 0.25) is 5.02 Å². The molecule has 1 saturated heterocycles. The van der Waals surface area contributed by atoms with E-state index in [1.807, 2.05) is 4.90 Å². The number of nitrogens with one attached hydrogen (secondary N) is 1. The van der Waals surface area contributed by atoms with Crippen molar-refractivity contribution in [1.82, 2.24) is 10.2 Å². The summed E-state index contributed by atoms with van der Waals surface area (Å²) >= 11 is 5.88. The fourth-order valence-corrected chi connectivity index (χ4v) is 3.44. The first kappa shape index (κ1) is 20.1. The molecular weight excluding hydrogens is 376 g/mol. The van der Waals surface area contributed by atoms with E-state index in [4.69, 9.17) is 11.6 Å². The van der Waals surface area contributed by atoms with Crippen LogP contribution in [0.1, 0.15) is 52.0 Å². The highest BCUT2D eigenvalue weighted by atomic mass is 35.5.